The van der Waals surface area contributed by atoms with Crippen molar-refractivity contribution in [3.63, 3.8) is 0 Å². The Morgan fingerprint density at radius 3 is 2.48 bits per heavy atom. The molecule has 0 spiro atoms. The Bertz CT molecular complexity index is 494. The fourth-order valence-corrected chi connectivity index (χ4v) is 3.05. The summed E-state index contributed by atoms with van der Waals surface area (Å²) < 4.78 is 28.3. The van der Waals surface area contributed by atoms with Gasteiger partial charge in [0.1, 0.15) is 0 Å². The van der Waals surface area contributed by atoms with Gasteiger partial charge in [-0.2, -0.15) is 0 Å². The molecule has 1 aliphatic rings. The number of guanidine groups is 1. The van der Waals surface area contributed by atoms with Gasteiger partial charge in [-0.05, 0) is 13.8 Å². The first kappa shape index (κ1) is 24.8. The Balaban J connectivity index is 0.00000576. The standard InChI is InChI=1S/C15H32N4O4S.HI/c1-4-16-14(17-6-11-24(21,22)5-2)18-12-15(3,20)13-19-7-9-23-10-8-19;/h20H,4-13H2,1-3H3,(H2,16,17,18);1H. The summed E-state index contributed by atoms with van der Waals surface area (Å²) in [5, 5.41) is 16.6. The number of sulfone groups is 1. The molecule has 0 aliphatic carbocycles. The highest BCUT2D eigenvalue weighted by molar-refractivity contribution is 14.0. The Hall–Kier alpha value is -0.170. The van der Waals surface area contributed by atoms with Gasteiger partial charge in [0.25, 0.3) is 0 Å². The molecule has 1 aliphatic heterocycles. The smallest absolute Gasteiger partial charge is 0.191 e. The molecule has 0 radical (unpaired) electrons. The predicted octanol–water partition coefficient (Wildman–Crippen LogP) is -0.323. The van der Waals surface area contributed by atoms with E-state index in [1.165, 1.54) is 0 Å². The van der Waals surface area contributed by atoms with E-state index < -0.39 is 15.4 Å². The maximum Gasteiger partial charge on any atom is 0.191 e. The number of hydrogen-bond acceptors (Lipinski definition) is 6. The molecule has 1 fully saturated rings. The molecule has 1 atom stereocenters. The van der Waals surface area contributed by atoms with Gasteiger partial charge >= 0.3 is 0 Å². The molecule has 0 aromatic carbocycles. The topological polar surface area (TPSA) is 103 Å². The number of rotatable bonds is 9. The first-order chi connectivity index (χ1) is 11.3. The third kappa shape index (κ3) is 11.2. The Morgan fingerprint density at radius 2 is 1.92 bits per heavy atom. The minimum absolute atomic E-state index is 0. The lowest BCUT2D eigenvalue weighted by Gasteiger charge is -2.33. The van der Waals surface area contributed by atoms with Crippen LogP contribution >= 0.6 is 24.0 Å². The summed E-state index contributed by atoms with van der Waals surface area (Å²) in [7, 11) is -3.01. The number of halogens is 1. The van der Waals surface area contributed by atoms with Crippen LogP contribution in [0.5, 0.6) is 0 Å². The number of ether oxygens (including phenoxy) is 1. The molecule has 1 heterocycles. The van der Waals surface area contributed by atoms with Crippen molar-refractivity contribution in [2.75, 3.05) is 64.0 Å². The third-order valence-electron chi connectivity index (χ3n) is 3.74. The van der Waals surface area contributed by atoms with Crippen molar-refractivity contribution < 1.29 is 18.3 Å². The second kappa shape index (κ2) is 12.3. The summed E-state index contributed by atoms with van der Waals surface area (Å²) in [4.78, 5) is 6.55. The average Bonchev–Trinajstić information content (AvgIpc) is 2.53. The van der Waals surface area contributed by atoms with Crippen LogP contribution in [0.25, 0.3) is 0 Å². The van der Waals surface area contributed by atoms with Crippen LogP contribution in [0.2, 0.25) is 0 Å². The Morgan fingerprint density at radius 1 is 1.28 bits per heavy atom. The molecule has 10 heteroatoms. The Labute approximate surface area is 168 Å². The van der Waals surface area contributed by atoms with Crippen molar-refractivity contribution in [1.82, 2.24) is 15.5 Å². The van der Waals surface area contributed by atoms with Crippen LogP contribution in [0, 0.1) is 0 Å². The Kier molecular flexibility index (Phi) is 12.2. The van der Waals surface area contributed by atoms with Gasteiger partial charge in [-0.15, -0.1) is 24.0 Å². The number of morpholine rings is 1. The first-order valence-electron chi connectivity index (χ1n) is 8.53. The van der Waals surface area contributed by atoms with Gasteiger partial charge in [-0.1, -0.05) is 6.92 Å². The quantitative estimate of drug-likeness (QED) is 0.230. The zero-order chi connectivity index (χ0) is 18.1. The van der Waals surface area contributed by atoms with Gasteiger partial charge in [0.05, 0.1) is 31.1 Å². The third-order valence-corrected chi connectivity index (χ3v) is 5.44. The summed E-state index contributed by atoms with van der Waals surface area (Å²) in [6, 6.07) is 0. The van der Waals surface area contributed by atoms with Crippen LogP contribution in [0.4, 0.5) is 0 Å². The molecule has 150 valence electrons. The highest BCUT2D eigenvalue weighted by Crippen LogP contribution is 2.09. The fourth-order valence-electron chi connectivity index (χ4n) is 2.35. The van der Waals surface area contributed by atoms with Crippen molar-refractivity contribution in [1.29, 1.82) is 0 Å². The van der Waals surface area contributed by atoms with Crippen molar-refractivity contribution >= 4 is 39.8 Å². The van der Waals surface area contributed by atoms with E-state index in [9.17, 15) is 13.5 Å². The maximum absolute atomic E-state index is 11.5. The van der Waals surface area contributed by atoms with E-state index in [0.29, 0.717) is 38.8 Å². The number of aliphatic imine (C=N–C) groups is 1. The summed E-state index contributed by atoms with van der Waals surface area (Å²) in [5.74, 6) is 0.723. The number of β-amino-alcohol motifs (C(OH)–C–C–N with tert-alkyl or cyclic N) is 1. The molecule has 0 amide bonds. The summed E-state index contributed by atoms with van der Waals surface area (Å²) in [6.45, 7) is 10.1. The van der Waals surface area contributed by atoms with Gasteiger partial charge in [-0.25, -0.2) is 8.42 Å². The molecular formula is C15H33IN4O4S. The number of aliphatic hydroxyl groups is 1. The lowest BCUT2D eigenvalue weighted by molar-refractivity contribution is -0.0179. The van der Waals surface area contributed by atoms with Gasteiger partial charge in [-0.3, -0.25) is 9.89 Å². The van der Waals surface area contributed by atoms with Crippen LogP contribution in [0.15, 0.2) is 4.99 Å². The van der Waals surface area contributed by atoms with Gasteiger partial charge in [0.15, 0.2) is 15.8 Å². The average molecular weight is 492 g/mol. The van der Waals surface area contributed by atoms with Crippen molar-refractivity contribution in [2.45, 2.75) is 26.4 Å². The number of hydrogen-bond donors (Lipinski definition) is 3. The number of nitrogens with one attached hydrogen (secondary N) is 2. The molecular weight excluding hydrogens is 459 g/mol. The fraction of sp³-hybridized carbons (Fsp3) is 0.933. The summed E-state index contributed by atoms with van der Waals surface area (Å²) in [6.07, 6.45) is 0. The van der Waals surface area contributed by atoms with E-state index in [1.807, 2.05) is 6.92 Å². The number of nitrogens with zero attached hydrogens (tertiary/aromatic N) is 2. The van der Waals surface area contributed by atoms with E-state index in [1.54, 1.807) is 13.8 Å². The van der Waals surface area contributed by atoms with Crippen molar-refractivity contribution in [2.24, 2.45) is 4.99 Å². The molecule has 1 saturated heterocycles. The zero-order valence-corrected chi connectivity index (χ0v) is 18.6. The molecule has 8 nitrogen and oxygen atoms in total. The van der Waals surface area contributed by atoms with Crippen molar-refractivity contribution in [3.8, 4) is 0 Å². The van der Waals surface area contributed by atoms with Crippen LogP contribution in [0.1, 0.15) is 20.8 Å². The molecule has 0 saturated carbocycles. The van der Waals surface area contributed by atoms with Crippen LogP contribution in [-0.2, 0) is 14.6 Å². The molecule has 3 N–H and O–H groups in total. The molecule has 0 aromatic rings. The second-order valence-corrected chi connectivity index (χ2v) is 8.72. The van der Waals surface area contributed by atoms with Crippen LogP contribution < -0.4 is 10.6 Å². The van der Waals surface area contributed by atoms with Crippen LogP contribution in [-0.4, -0.2) is 94.0 Å². The lowest BCUT2D eigenvalue weighted by atomic mass is 10.1. The van der Waals surface area contributed by atoms with E-state index >= 15 is 0 Å². The van der Waals surface area contributed by atoms with E-state index in [0.717, 1.165) is 13.1 Å². The van der Waals surface area contributed by atoms with Gasteiger partial charge in [0, 0.05) is 38.5 Å². The van der Waals surface area contributed by atoms with E-state index in [4.69, 9.17) is 4.74 Å². The molecule has 1 rings (SSSR count). The molecule has 25 heavy (non-hydrogen) atoms. The second-order valence-electron chi connectivity index (χ2n) is 6.24. The molecule has 0 bridgehead atoms. The predicted molar refractivity (Wildman–Crippen MR) is 112 cm³/mol. The zero-order valence-electron chi connectivity index (χ0n) is 15.5. The normalized spacial score (nSPS) is 19.0. The summed E-state index contributed by atoms with van der Waals surface area (Å²) >= 11 is 0. The minimum Gasteiger partial charge on any atom is -0.387 e. The SMILES string of the molecule is CCNC(=NCC(C)(O)CN1CCOCC1)NCCS(=O)(=O)CC.I. The van der Waals surface area contributed by atoms with Gasteiger partial charge in [0.2, 0.25) is 0 Å². The van der Waals surface area contributed by atoms with Gasteiger partial charge < -0.3 is 20.5 Å². The molecule has 0 aromatic heterocycles. The summed E-state index contributed by atoms with van der Waals surface area (Å²) in [5.41, 5.74) is -0.949. The van der Waals surface area contributed by atoms with E-state index in [2.05, 4.69) is 20.5 Å². The van der Waals surface area contributed by atoms with E-state index in [-0.39, 0.29) is 42.0 Å². The largest absolute Gasteiger partial charge is 0.387 e. The monoisotopic (exact) mass is 492 g/mol. The highest BCUT2D eigenvalue weighted by atomic mass is 127. The molecule has 1 unspecified atom stereocenters. The maximum atomic E-state index is 11.5. The lowest BCUT2D eigenvalue weighted by Crippen LogP contribution is -2.48. The first-order valence-corrected chi connectivity index (χ1v) is 10.3. The minimum atomic E-state index is -3.01. The van der Waals surface area contributed by atoms with Crippen molar-refractivity contribution in [3.05, 3.63) is 0 Å². The highest BCUT2D eigenvalue weighted by Gasteiger charge is 2.25. The van der Waals surface area contributed by atoms with Crippen LogP contribution in [0.3, 0.4) is 0 Å².